The van der Waals surface area contributed by atoms with Crippen LogP contribution in [0.5, 0.6) is 0 Å². The lowest BCUT2D eigenvalue weighted by molar-refractivity contribution is 0.265. The summed E-state index contributed by atoms with van der Waals surface area (Å²) in [5.41, 5.74) is 1.34. The number of nitrogens with one attached hydrogen (secondary N) is 2. The van der Waals surface area contributed by atoms with Crippen LogP contribution in [0.15, 0.2) is 35.6 Å². The molecule has 0 bridgehead atoms. The quantitative estimate of drug-likeness (QED) is 0.578. The monoisotopic (exact) mass is 400 g/mol. The molecule has 1 aromatic heterocycles. The summed E-state index contributed by atoms with van der Waals surface area (Å²) in [6, 6.07) is 6.17. The number of benzene rings is 1. The lowest BCUT2D eigenvalue weighted by atomic mass is 10.1. The number of hydrogen-bond donors (Lipinski definition) is 2. The lowest BCUT2D eigenvalue weighted by Gasteiger charge is -2.22. The molecule has 0 radical (unpaired) electrons. The lowest BCUT2D eigenvalue weighted by Crippen LogP contribution is -2.46. The third-order valence-electron chi connectivity index (χ3n) is 5.55. The second-order valence-electron chi connectivity index (χ2n) is 8.10. The summed E-state index contributed by atoms with van der Waals surface area (Å²) < 4.78 is 16.4. The maximum absolute atomic E-state index is 14.6. The van der Waals surface area contributed by atoms with Crippen LogP contribution in [0.25, 0.3) is 5.69 Å². The largest absolute Gasteiger partial charge is 0.357 e. The van der Waals surface area contributed by atoms with Crippen LogP contribution >= 0.6 is 0 Å². The van der Waals surface area contributed by atoms with E-state index in [9.17, 15) is 4.39 Å². The highest BCUT2D eigenvalue weighted by molar-refractivity contribution is 5.80. The fourth-order valence-electron chi connectivity index (χ4n) is 3.76. The molecule has 0 spiro atoms. The van der Waals surface area contributed by atoms with Crippen molar-refractivity contribution >= 4 is 5.96 Å². The van der Waals surface area contributed by atoms with Crippen LogP contribution in [0.4, 0.5) is 4.39 Å². The van der Waals surface area contributed by atoms with Crippen molar-refractivity contribution in [2.75, 3.05) is 19.6 Å². The number of nitrogens with zero attached hydrogens (tertiary/aromatic N) is 4. The van der Waals surface area contributed by atoms with Crippen LogP contribution in [-0.2, 0) is 6.54 Å². The molecule has 1 fully saturated rings. The Morgan fingerprint density at radius 1 is 1.34 bits per heavy atom. The number of aryl methyl sites for hydroxylation is 1. The number of aromatic nitrogens is 2. The van der Waals surface area contributed by atoms with E-state index in [1.807, 2.05) is 13.0 Å². The molecule has 2 aromatic rings. The molecular formula is C22H33FN6. The van der Waals surface area contributed by atoms with Crippen LogP contribution < -0.4 is 10.6 Å². The van der Waals surface area contributed by atoms with Crippen LogP contribution in [0.3, 0.4) is 0 Å². The highest BCUT2D eigenvalue weighted by Gasteiger charge is 2.31. The average Bonchev–Trinajstić information content (AvgIpc) is 3.26. The van der Waals surface area contributed by atoms with E-state index in [2.05, 4.69) is 48.2 Å². The highest BCUT2D eigenvalue weighted by Crippen LogP contribution is 2.19. The van der Waals surface area contributed by atoms with Crippen molar-refractivity contribution in [3.8, 4) is 5.69 Å². The Bertz CT molecular complexity index is 844. The Balaban J connectivity index is 1.69. The van der Waals surface area contributed by atoms with Crippen LogP contribution in [0.2, 0.25) is 0 Å². The molecule has 6 nitrogen and oxygen atoms in total. The number of guanidine groups is 1. The van der Waals surface area contributed by atoms with Crippen LogP contribution in [0, 0.1) is 18.7 Å². The van der Waals surface area contributed by atoms with E-state index in [4.69, 9.17) is 4.99 Å². The minimum absolute atomic E-state index is 0.270. The molecule has 2 heterocycles. The van der Waals surface area contributed by atoms with Crippen molar-refractivity contribution in [1.82, 2.24) is 25.1 Å². The maximum atomic E-state index is 14.6. The van der Waals surface area contributed by atoms with Crippen molar-refractivity contribution < 1.29 is 4.39 Å². The Morgan fingerprint density at radius 2 is 2.14 bits per heavy atom. The smallest absolute Gasteiger partial charge is 0.191 e. The van der Waals surface area contributed by atoms with Gasteiger partial charge in [-0.05, 0) is 51.3 Å². The summed E-state index contributed by atoms with van der Waals surface area (Å²) in [5, 5.41) is 6.88. The summed E-state index contributed by atoms with van der Waals surface area (Å²) in [7, 11) is 0. The molecule has 158 valence electrons. The summed E-state index contributed by atoms with van der Waals surface area (Å²) in [5.74, 6) is 1.82. The number of hydrogen-bond acceptors (Lipinski definition) is 3. The molecule has 0 saturated carbocycles. The van der Waals surface area contributed by atoms with Crippen molar-refractivity contribution in [1.29, 1.82) is 0 Å². The summed E-state index contributed by atoms with van der Waals surface area (Å²) in [6.45, 7) is 14.0. The molecule has 3 rings (SSSR count). The van der Waals surface area contributed by atoms with Gasteiger partial charge in [-0.25, -0.2) is 14.4 Å². The van der Waals surface area contributed by atoms with E-state index in [0.717, 1.165) is 37.0 Å². The SMILES string of the molecule is CCNC(=NCc1ccc(-n2ccnc2C)c(F)c1)NC1CN(C(C)C)CC1C. The van der Waals surface area contributed by atoms with Gasteiger partial charge in [-0.1, -0.05) is 13.0 Å². The van der Waals surface area contributed by atoms with Gasteiger partial charge in [-0.2, -0.15) is 0 Å². The van der Waals surface area contributed by atoms with Gasteiger partial charge in [-0.3, -0.25) is 4.90 Å². The molecule has 7 heteroatoms. The molecule has 0 aliphatic carbocycles. The van der Waals surface area contributed by atoms with Crippen molar-refractivity contribution in [2.45, 2.75) is 53.2 Å². The number of imidazole rings is 1. The predicted octanol–water partition coefficient (Wildman–Crippen LogP) is 3.10. The zero-order chi connectivity index (χ0) is 21.0. The fraction of sp³-hybridized carbons (Fsp3) is 0.545. The third kappa shape index (κ3) is 5.15. The summed E-state index contributed by atoms with van der Waals surface area (Å²) >= 11 is 0. The van der Waals surface area contributed by atoms with Crippen LogP contribution in [-0.4, -0.2) is 52.1 Å². The molecule has 29 heavy (non-hydrogen) atoms. The van der Waals surface area contributed by atoms with Crippen molar-refractivity contribution in [2.24, 2.45) is 10.9 Å². The number of halogens is 1. The highest BCUT2D eigenvalue weighted by atomic mass is 19.1. The van der Waals surface area contributed by atoms with E-state index in [-0.39, 0.29) is 5.82 Å². The fourth-order valence-corrected chi connectivity index (χ4v) is 3.76. The van der Waals surface area contributed by atoms with Crippen LogP contribution in [0.1, 0.15) is 39.1 Å². The molecule has 1 aliphatic rings. The maximum Gasteiger partial charge on any atom is 0.191 e. The van der Waals surface area contributed by atoms with E-state index in [0.29, 0.717) is 30.2 Å². The zero-order valence-electron chi connectivity index (χ0n) is 18.1. The number of aliphatic imine (C=N–C) groups is 1. The van der Waals surface area contributed by atoms with Gasteiger partial charge in [0, 0.05) is 44.1 Å². The average molecular weight is 401 g/mol. The minimum Gasteiger partial charge on any atom is -0.357 e. The molecule has 2 unspecified atom stereocenters. The Morgan fingerprint density at radius 3 is 2.72 bits per heavy atom. The van der Waals surface area contributed by atoms with Gasteiger partial charge in [0.25, 0.3) is 0 Å². The first-order chi connectivity index (χ1) is 13.9. The summed E-state index contributed by atoms with van der Waals surface area (Å²) in [6.07, 6.45) is 3.44. The Kier molecular flexibility index (Phi) is 6.90. The van der Waals surface area contributed by atoms with E-state index in [1.165, 1.54) is 0 Å². The standard InChI is InChI=1S/C22H33FN6/c1-6-24-22(27-20-14-28(15(2)3)13-16(20)4)26-12-18-7-8-21(19(23)11-18)29-10-9-25-17(29)5/h7-11,15-16,20H,6,12-14H2,1-5H3,(H2,24,26,27). The van der Waals surface area contributed by atoms with E-state index in [1.54, 1.807) is 29.1 Å². The van der Waals surface area contributed by atoms with Gasteiger partial charge in [0.15, 0.2) is 5.96 Å². The second-order valence-corrected chi connectivity index (χ2v) is 8.10. The molecule has 1 aromatic carbocycles. The van der Waals surface area contributed by atoms with E-state index >= 15 is 0 Å². The number of rotatable bonds is 6. The summed E-state index contributed by atoms with van der Waals surface area (Å²) in [4.78, 5) is 11.3. The topological polar surface area (TPSA) is 57.5 Å². The van der Waals surface area contributed by atoms with Gasteiger partial charge in [0.05, 0.1) is 12.2 Å². The predicted molar refractivity (Wildman–Crippen MR) is 116 cm³/mol. The zero-order valence-corrected chi connectivity index (χ0v) is 18.1. The first kappa shape index (κ1) is 21.3. The molecule has 2 N–H and O–H groups in total. The van der Waals surface area contributed by atoms with Gasteiger partial charge in [-0.15, -0.1) is 0 Å². The Labute approximate surface area is 173 Å². The third-order valence-corrected chi connectivity index (χ3v) is 5.55. The van der Waals surface area contributed by atoms with Gasteiger partial charge in [0.1, 0.15) is 11.6 Å². The second kappa shape index (κ2) is 9.39. The minimum atomic E-state index is -0.270. The van der Waals surface area contributed by atoms with Crippen molar-refractivity contribution in [3.63, 3.8) is 0 Å². The van der Waals surface area contributed by atoms with E-state index < -0.39 is 0 Å². The molecule has 1 saturated heterocycles. The van der Waals surface area contributed by atoms with Crippen molar-refractivity contribution in [3.05, 3.63) is 47.8 Å². The molecular weight excluding hydrogens is 367 g/mol. The first-order valence-corrected chi connectivity index (χ1v) is 10.5. The van der Waals surface area contributed by atoms with Gasteiger partial charge < -0.3 is 15.2 Å². The normalized spacial score (nSPS) is 20.4. The molecule has 0 amide bonds. The first-order valence-electron chi connectivity index (χ1n) is 10.5. The van der Waals surface area contributed by atoms with Gasteiger partial charge in [0.2, 0.25) is 0 Å². The number of likely N-dealkylation sites (tertiary alicyclic amines) is 1. The Hall–Kier alpha value is -2.41. The molecule has 1 aliphatic heterocycles. The van der Waals surface area contributed by atoms with Gasteiger partial charge >= 0.3 is 0 Å². The molecule has 2 atom stereocenters.